The van der Waals surface area contributed by atoms with Gasteiger partial charge in [0.1, 0.15) is 0 Å². The molecule has 104 valence electrons. The molecular formula is C16H24N2O. The smallest absolute Gasteiger partial charge is 0.254 e. The van der Waals surface area contributed by atoms with Gasteiger partial charge in [-0.15, -0.1) is 0 Å². The third kappa shape index (κ3) is 2.91. The number of nitrogens with two attached hydrogens (primary N) is 1. The van der Waals surface area contributed by atoms with Crippen LogP contribution in [0.3, 0.4) is 0 Å². The topological polar surface area (TPSA) is 46.3 Å². The second kappa shape index (κ2) is 5.64. The second-order valence-corrected chi connectivity index (χ2v) is 5.89. The normalized spacial score (nSPS) is 16.9. The summed E-state index contributed by atoms with van der Waals surface area (Å²) < 4.78 is 0. The number of nitrogens with zero attached hydrogens (tertiary/aromatic N) is 1. The van der Waals surface area contributed by atoms with E-state index in [1.807, 2.05) is 30.0 Å². The van der Waals surface area contributed by atoms with Gasteiger partial charge < -0.3 is 10.6 Å². The Morgan fingerprint density at radius 3 is 2.53 bits per heavy atom. The van der Waals surface area contributed by atoms with E-state index in [9.17, 15) is 4.79 Å². The van der Waals surface area contributed by atoms with Crippen LogP contribution in [-0.4, -0.2) is 23.9 Å². The summed E-state index contributed by atoms with van der Waals surface area (Å²) in [5.74, 6) is 1.60. The predicted octanol–water partition coefficient (Wildman–Crippen LogP) is 3.09. The molecule has 1 fully saturated rings. The van der Waals surface area contributed by atoms with Crippen molar-refractivity contribution >= 4 is 11.6 Å². The molecule has 0 aromatic heterocycles. The van der Waals surface area contributed by atoms with E-state index < -0.39 is 0 Å². The van der Waals surface area contributed by atoms with Gasteiger partial charge in [-0.3, -0.25) is 4.79 Å². The molecule has 0 aliphatic carbocycles. The van der Waals surface area contributed by atoms with Gasteiger partial charge in [-0.05, 0) is 49.3 Å². The van der Waals surface area contributed by atoms with Crippen LogP contribution in [0.25, 0.3) is 0 Å². The monoisotopic (exact) mass is 260 g/mol. The van der Waals surface area contributed by atoms with E-state index in [4.69, 9.17) is 5.73 Å². The van der Waals surface area contributed by atoms with Crippen LogP contribution in [0.4, 0.5) is 5.69 Å². The first kappa shape index (κ1) is 13.9. The Hall–Kier alpha value is -1.51. The third-order valence-electron chi connectivity index (χ3n) is 4.38. The molecule has 0 saturated carbocycles. The van der Waals surface area contributed by atoms with Gasteiger partial charge in [-0.1, -0.05) is 19.9 Å². The molecule has 1 amide bonds. The fourth-order valence-electron chi connectivity index (χ4n) is 2.82. The number of piperidine rings is 1. The largest absolute Gasteiger partial charge is 0.398 e. The number of anilines is 1. The summed E-state index contributed by atoms with van der Waals surface area (Å²) in [7, 11) is 0. The minimum atomic E-state index is 0.131. The summed E-state index contributed by atoms with van der Waals surface area (Å²) in [6.45, 7) is 8.20. The first-order valence-electron chi connectivity index (χ1n) is 7.15. The summed E-state index contributed by atoms with van der Waals surface area (Å²) >= 11 is 0. The van der Waals surface area contributed by atoms with Crippen LogP contribution in [0.1, 0.15) is 42.6 Å². The number of carbonyl (C=O) groups excluding carboxylic acids is 1. The highest BCUT2D eigenvalue weighted by atomic mass is 16.2. The number of rotatable bonds is 2. The molecule has 1 saturated heterocycles. The summed E-state index contributed by atoms with van der Waals surface area (Å²) in [5.41, 5.74) is 8.23. The number of amides is 1. The molecule has 3 nitrogen and oxygen atoms in total. The first-order chi connectivity index (χ1) is 9.00. The van der Waals surface area contributed by atoms with Crippen molar-refractivity contribution in [1.29, 1.82) is 0 Å². The summed E-state index contributed by atoms with van der Waals surface area (Å²) in [5, 5.41) is 0. The lowest BCUT2D eigenvalue weighted by molar-refractivity contribution is 0.0667. The molecule has 1 aromatic carbocycles. The predicted molar refractivity (Wildman–Crippen MR) is 79.1 cm³/mol. The van der Waals surface area contributed by atoms with Crippen molar-refractivity contribution in [3.05, 3.63) is 29.3 Å². The Morgan fingerprint density at radius 2 is 1.95 bits per heavy atom. The highest BCUT2D eigenvalue weighted by molar-refractivity contribution is 5.96. The first-order valence-corrected chi connectivity index (χ1v) is 7.15. The van der Waals surface area contributed by atoms with Gasteiger partial charge in [-0.2, -0.15) is 0 Å². The van der Waals surface area contributed by atoms with E-state index in [1.54, 1.807) is 0 Å². The van der Waals surface area contributed by atoms with Crippen LogP contribution < -0.4 is 5.73 Å². The average Bonchev–Trinajstić information content (AvgIpc) is 2.41. The van der Waals surface area contributed by atoms with Gasteiger partial charge in [0.05, 0.1) is 0 Å². The minimum Gasteiger partial charge on any atom is -0.398 e. The molecule has 0 atom stereocenters. The average molecular weight is 260 g/mol. The maximum atomic E-state index is 12.5. The second-order valence-electron chi connectivity index (χ2n) is 5.89. The molecule has 3 heteroatoms. The van der Waals surface area contributed by atoms with E-state index in [2.05, 4.69) is 13.8 Å². The summed E-state index contributed by atoms with van der Waals surface area (Å²) in [6, 6.07) is 5.58. The van der Waals surface area contributed by atoms with Crippen LogP contribution >= 0.6 is 0 Å². The number of nitrogen functional groups attached to an aromatic ring is 1. The molecule has 1 aliphatic heterocycles. The Labute approximate surface area is 115 Å². The quantitative estimate of drug-likeness (QED) is 0.831. The van der Waals surface area contributed by atoms with Gasteiger partial charge in [0, 0.05) is 24.3 Å². The molecule has 2 rings (SSSR count). The van der Waals surface area contributed by atoms with E-state index >= 15 is 0 Å². The molecule has 19 heavy (non-hydrogen) atoms. The minimum absolute atomic E-state index is 0.131. The number of likely N-dealkylation sites (tertiary alicyclic amines) is 1. The Bertz CT molecular complexity index is 460. The highest BCUT2D eigenvalue weighted by Crippen LogP contribution is 2.26. The van der Waals surface area contributed by atoms with Crippen LogP contribution in [0.15, 0.2) is 18.2 Å². The molecular weight excluding hydrogens is 236 g/mol. The summed E-state index contributed by atoms with van der Waals surface area (Å²) in [4.78, 5) is 14.5. The lowest BCUT2D eigenvalue weighted by Crippen LogP contribution is -2.39. The molecule has 2 N–H and O–H groups in total. The molecule has 1 aromatic rings. The zero-order chi connectivity index (χ0) is 14.0. The maximum absolute atomic E-state index is 12.5. The number of hydrogen-bond acceptors (Lipinski definition) is 2. The number of hydrogen-bond donors (Lipinski definition) is 1. The Morgan fingerprint density at radius 1 is 1.32 bits per heavy atom. The molecule has 0 unspecified atom stereocenters. The van der Waals surface area contributed by atoms with Crippen LogP contribution in [0, 0.1) is 18.8 Å². The van der Waals surface area contributed by atoms with Crippen LogP contribution in [-0.2, 0) is 0 Å². The maximum Gasteiger partial charge on any atom is 0.254 e. The molecule has 0 radical (unpaired) electrons. The number of carbonyl (C=O) groups is 1. The fraction of sp³-hybridized carbons (Fsp3) is 0.562. The van der Waals surface area contributed by atoms with E-state index in [1.165, 1.54) is 0 Å². The van der Waals surface area contributed by atoms with Gasteiger partial charge in [-0.25, -0.2) is 0 Å². The van der Waals surface area contributed by atoms with Crippen LogP contribution in [0.5, 0.6) is 0 Å². The molecule has 1 heterocycles. The SMILES string of the molecule is Cc1c(N)cccc1C(=O)N1CCC(C(C)C)CC1. The van der Waals surface area contributed by atoms with Crippen molar-refractivity contribution in [2.24, 2.45) is 11.8 Å². The standard InChI is InChI=1S/C16H24N2O/c1-11(2)13-7-9-18(10-8-13)16(19)14-5-4-6-15(17)12(14)3/h4-6,11,13H,7-10,17H2,1-3H3. The lowest BCUT2D eigenvalue weighted by atomic mass is 9.86. The summed E-state index contributed by atoms with van der Waals surface area (Å²) in [6.07, 6.45) is 2.23. The van der Waals surface area contributed by atoms with E-state index in [0.717, 1.165) is 43.0 Å². The van der Waals surface area contributed by atoms with Gasteiger partial charge in [0.25, 0.3) is 5.91 Å². The lowest BCUT2D eigenvalue weighted by Gasteiger charge is -2.34. The fourth-order valence-corrected chi connectivity index (χ4v) is 2.82. The number of benzene rings is 1. The molecule has 0 bridgehead atoms. The van der Waals surface area contributed by atoms with Crippen molar-refractivity contribution in [2.75, 3.05) is 18.8 Å². The van der Waals surface area contributed by atoms with Crippen molar-refractivity contribution in [3.63, 3.8) is 0 Å². The van der Waals surface area contributed by atoms with E-state index in [0.29, 0.717) is 11.6 Å². The highest BCUT2D eigenvalue weighted by Gasteiger charge is 2.25. The Balaban J connectivity index is 2.07. The van der Waals surface area contributed by atoms with Crippen molar-refractivity contribution < 1.29 is 4.79 Å². The van der Waals surface area contributed by atoms with Crippen molar-refractivity contribution in [2.45, 2.75) is 33.6 Å². The van der Waals surface area contributed by atoms with Crippen LogP contribution in [0.2, 0.25) is 0 Å². The van der Waals surface area contributed by atoms with Crippen molar-refractivity contribution in [1.82, 2.24) is 4.90 Å². The van der Waals surface area contributed by atoms with Crippen molar-refractivity contribution in [3.8, 4) is 0 Å². The van der Waals surface area contributed by atoms with Gasteiger partial charge in [0.2, 0.25) is 0 Å². The zero-order valence-electron chi connectivity index (χ0n) is 12.1. The van der Waals surface area contributed by atoms with Gasteiger partial charge in [0.15, 0.2) is 0 Å². The Kier molecular flexibility index (Phi) is 4.13. The third-order valence-corrected chi connectivity index (χ3v) is 4.38. The molecule has 1 aliphatic rings. The zero-order valence-corrected chi connectivity index (χ0v) is 12.1. The molecule has 0 spiro atoms. The van der Waals surface area contributed by atoms with Gasteiger partial charge >= 0.3 is 0 Å². The van der Waals surface area contributed by atoms with E-state index in [-0.39, 0.29) is 5.91 Å².